The highest BCUT2D eigenvalue weighted by Gasteiger charge is 1.91. The maximum Gasteiger partial charge on any atom is 0.249 e. The van der Waals surface area contributed by atoms with Crippen LogP contribution in [0, 0.1) is 0 Å². The van der Waals surface area contributed by atoms with E-state index < -0.39 is 0 Å². The van der Waals surface area contributed by atoms with Crippen LogP contribution >= 0.6 is 0 Å². The number of benzene rings is 2. The maximum absolute atomic E-state index is 10.4. The van der Waals surface area contributed by atoms with E-state index in [4.69, 9.17) is 9.94 Å². The summed E-state index contributed by atoms with van der Waals surface area (Å²) in [4.78, 5) is 15.2. The van der Waals surface area contributed by atoms with E-state index >= 15 is 0 Å². The second-order valence-electron chi connectivity index (χ2n) is 3.41. The largest absolute Gasteiger partial charge is 0.508 e. The molecule has 2 N–H and O–H groups in total. The first-order valence-corrected chi connectivity index (χ1v) is 5.41. The minimum Gasteiger partial charge on any atom is -0.508 e. The lowest BCUT2D eigenvalue weighted by molar-refractivity contribution is -0.125. The molecule has 0 aliphatic carbocycles. The topological polar surface area (TPSA) is 58.6 Å². The molecular formula is C14H15NO3. The van der Waals surface area contributed by atoms with Crippen LogP contribution in [0.15, 0.2) is 60.7 Å². The number of phenolic OH excluding ortho intramolecular Hbond substituents is 1. The van der Waals surface area contributed by atoms with Crippen LogP contribution in [-0.4, -0.2) is 11.0 Å². The molecule has 0 aliphatic rings. The van der Waals surface area contributed by atoms with Gasteiger partial charge in [0.15, 0.2) is 5.75 Å². The van der Waals surface area contributed by atoms with E-state index in [-0.39, 0.29) is 5.91 Å². The van der Waals surface area contributed by atoms with Gasteiger partial charge in [-0.3, -0.25) is 4.79 Å². The van der Waals surface area contributed by atoms with Crippen LogP contribution in [0.1, 0.15) is 6.92 Å². The number of carbonyl (C=O) groups is 1. The van der Waals surface area contributed by atoms with E-state index in [1.54, 1.807) is 36.4 Å². The van der Waals surface area contributed by atoms with Crippen molar-refractivity contribution >= 4 is 5.91 Å². The minimum absolute atomic E-state index is 0.214. The van der Waals surface area contributed by atoms with Crippen molar-refractivity contribution < 1.29 is 14.7 Å². The first-order valence-electron chi connectivity index (χ1n) is 5.41. The normalized spacial score (nSPS) is 8.72. The fourth-order valence-corrected chi connectivity index (χ4v) is 1.05. The van der Waals surface area contributed by atoms with Crippen molar-refractivity contribution in [1.29, 1.82) is 0 Å². The van der Waals surface area contributed by atoms with Crippen LogP contribution in [0.4, 0.5) is 0 Å². The molecule has 94 valence electrons. The summed E-state index contributed by atoms with van der Waals surface area (Å²) in [6.07, 6.45) is 0. The van der Waals surface area contributed by atoms with E-state index in [1.807, 2.05) is 24.3 Å². The predicted molar refractivity (Wildman–Crippen MR) is 69.0 cm³/mol. The lowest BCUT2D eigenvalue weighted by Crippen LogP contribution is -2.23. The number of hydrogen-bond acceptors (Lipinski definition) is 3. The number of nitrogens with one attached hydrogen (secondary N) is 1. The first-order chi connectivity index (χ1) is 8.68. The molecule has 18 heavy (non-hydrogen) atoms. The molecule has 0 heterocycles. The van der Waals surface area contributed by atoms with Crippen molar-refractivity contribution in [2.45, 2.75) is 6.92 Å². The van der Waals surface area contributed by atoms with E-state index in [0.29, 0.717) is 11.5 Å². The molecule has 0 spiro atoms. The second kappa shape index (κ2) is 7.73. The van der Waals surface area contributed by atoms with Gasteiger partial charge in [-0.2, -0.15) is 5.48 Å². The molecule has 0 bridgehead atoms. The number of amides is 1. The van der Waals surface area contributed by atoms with Crippen LogP contribution in [-0.2, 0) is 4.79 Å². The molecule has 4 heteroatoms. The number of aromatic hydroxyl groups is 1. The molecule has 0 radical (unpaired) electrons. The Morgan fingerprint density at radius 2 is 1.50 bits per heavy atom. The zero-order valence-electron chi connectivity index (χ0n) is 10.0. The number of hydrogen-bond donors (Lipinski definition) is 2. The van der Waals surface area contributed by atoms with Crippen molar-refractivity contribution in [3.05, 3.63) is 60.7 Å². The van der Waals surface area contributed by atoms with Crippen molar-refractivity contribution in [3.63, 3.8) is 0 Å². The number of carbonyl (C=O) groups excluding carboxylic acids is 1. The molecule has 2 rings (SSSR count). The molecule has 0 saturated carbocycles. The molecule has 1 amide bonds. The summed E-state index contributed by atoms with van der Waals surface area (Å²) in [6, 6.07) is 17.8. The van der Waals surface area contributed by atoms with Gasteiger partial charge in [-0.05, 0) is 24.3 Å². The Bertz CT molecular complexity index is 457. The molecular weight excluding hydrogens is 230 g/mol. The average molecular weight is 245 g/mol. The standard InChI is InChI=1S/C8H9NO2.C6H6O/c1-7(10)9-11-8-5-3-2-4-6-8;7-6-4-2-1-3-5-6/h2-6H,1H3,(H,9,10);1-5,7H. The maximum atomic E-state index is 10.4. The van der Waals surface area contributed by atoms with Crippen molar-refractivity contribution in [3.8, 4) is 11.5 Å². The van der Waals surface area contributed by atoms with Crippen LogP contribution in [0.5, 0.6) is 11.5 Å². The number of para-hydroxylation sites is 2. The fourth-order valence-electron chi connectivity index (χ4n) is 1.05. The van der Waals surface area contributed by atoms with Gasteiger partial charge in [-0.15, -0.1) is 0 Å². The van der Waals surface area contributed by atoms with Crippen molar-refractivity contribution in [1.82, 2.24) is 5.48 Å². The molecule has 4 nitrogen and oxygen atoms in total. The molecule has 0 fully saturated rings. The van der Waals surface area contributed by atoms with Gasteiger partial charge in [0.05, 0.1) is 0 Å². The van der Waals surface area contributed by atoms with Gasteiger partial charge in [0, 0.05) is 6.92 Å². The van der Waals surface area contributed by atoms with Gasteiger partial charge < -0.3 is 9.94 Å². The SMILES string of the molecule is CC(=O)NOc1ccccc1.Oc1ccccc1. The lowest BCUT2D eigenvalue weighted by Gasteiger charge is -2.02. The number of rotatable bonds is 2. The first kappa shape index (κ1) is 13.6. The molecule has 2 aromatic rings. The zero-order valence-corrected chi connectivity index (χ0v) is 10.0. The second-order valence-corrected chi connectivity index (χ2v) is 3.41. The Morgan fingerprint density at radius 1 is 1.00 bits per heavy atom. The van der Waals surface area contributed by atoms with Gasteiger partial charge in [0.25, 0.3) is 0 Å². The van der Waals surface area contributed by atoms with Crippen LogP contribution in [0.3, 0.4) is 0 Å². The van der Waals surface area contributed by atoms with Crippen LogP contribution in [0.2, 0.25) is 0 Å². The Morgan fingerprint density at radius 3 is 1.89 bits per heavy atom. The monoisotopic (exact) mass is 245 g/mol. The molecule has 0 unspecified atom stereocenters. The Kier molecular flexibility index (Phi) is 5.83. The van der Waals surface area contributed by atoms with Gasteiger partial charge in [0.1, 0.15) is 5.75 Å². The van der Waals surface area contributed by atoms with E-state index in [9.17, 15) is 4.79 Å². The highest BCUT2D eigenvalue weighted by Crippen LogP contribution is 2.05. The average Bonchev–Trinajstić information content (AvgIpc) is 2.39. The minimum atomic E-state index is -0.214. The third-order valence-electron chi connectivity index (χ3n) is 1.81. The Hall–Kier alpha value is -2.49. The van der Waals surface area contributed by atoms with Crippen LogP contribution < -0.4 is 10.3 Å². The highest BCUT2D eigenvalue weighted by molar-refractivity contribution is 5.71. The number of hydroxylamine groups is 1. The lowest BCUT2D eigenvalue weighted by atomic mass is 10.3. The fraction of sp³-hybridized carbons (Fsp3) is 0.0714. The molecule has 0 saturated heterocycles. The third kappa shape index (κ3) is 6.17. The van der Waals surface area contributed by atoms with Crippen molar-refractivity contribution in [2.24, 2.45) is 0 Å². The molecule has 0 aromatic heterocycles. The van der Waals surface area contributed by atoms with E-state index in [0.717, 1.165) is 0 Å². The quantitative estimate of drug-likeness (QED) is 0.799. The summed E-state index contributed by atoms with van der Waals surface area (Å²) in [5.74, 6) is 0.735. The van der Waals surface area contributed by atoms with Crippen molar-refractivity contribution in [2.75, 3.05) is 0 Å². The summed E-state index contributed by atoms with van der Waals surface area (Å²) in [5.41, 5.74) is 2.22. The van der Waals surface area contributed by atoms with Gasteiger partial charge in [-0.25, -0.2) is 0 Å². The van der Waals surface area contributed by atoms with Gasteiger partial charge in [0.2, 0.25) is 5.91 Å². The summed E-state index contributed by atoms with van der Waals surface area (Å²) in [6.45, 7) is 1.39. The van der Waals surface area contributed by atoms with E-state index in [2.05, 4.69) is 5.48 Å². The number of phenols is 1. The zero-order chi connectivity index (χ0) is 13.2. The summed E-state index contributed by atoms with van der Waals surface area (Å²) >= 11 is 0. The third-order valence-corrected chi connectivity index (χ3v) is 1.81. The Labute approximate surface area is 106 Å². The van der Waals surface area contributed by atoms with Gasteiger partial charge >= 0.3 is 0 Å². The summed E-state index contributed by atoms with van der Waals surface area (Å²) < 4.78 is 0. The van der Waals surface area contributed by atoms with E-state index in [1.165, 1.54) is 6.92 Å². The molecule has 2 aromatic carbocycles. The molecule has 0 aliphatic heterocycles. The van der Waals surface area contributed by atoms with Gasteiger partial charge in [-0.1, -0.05) is 36.4 Å². The highest BCUT2D eigenvalue weighted by atomic mass is 16.7. The predicted octanol–water partition coefficient (Wildman–Crippen LogP) is 2.51. The summed E-state index contributed by atoms with van der Waals surface area (Å²) in [7, 11) is 0. The molecule has 0 atom stereocenters. The Balaban J connectivity index is 0.000000199. The smallest absolute Gasteiger partial charge is 0.249 e. The van der Waals surface area contributed by atoms with Crippen LogP contribution in [0.25, 0.3) is 0 Å². The summed E-state index contributed by atoms with van der Waals surface area (Å²) in [5, 5.41) is 8.63.